The molecule has 0 aliphatic heterocycles. The topological polar surface area (TPSA) is 49.3 Å². The summed E-state index contributed by atoms with van der Waals surface area (Å²) in [6.07, 6.45) is 2.92. The van der Waals surface area contributed by atoms with E-state index in [1.807, 2.05) is 18.7 Å². The molecule has 1 saturated carbocycles. The number of carboxylic acid groups (broad SMARTS) is 1. The molecule has 3 atom stereocenters. The molecule has 0 heterocycles. The minimum absolute atomic E-state index is 0.356. The summed E-state index contributed by atoms with van der Waals surface area (Å²) in [6.45, 7) is 10.6. The van der Waals surface area contributed by atoms with Crippen LogP contribution in [0.3, 0.4) is 0 Å². The fraction of sp³-hybridized carbons (Fsp3) is 0.929. The first-order valence-corrected chi connectivity index (χ1v) is 7.85. The fourth-order valence-electron chi connectivity index (χ4n) is 2.03. The maximum Gasteiger partial charge on any atom is 0.323 e. The molecule has 1 rings (SSSR count). The quantitative estimate of drug-likeness (QED) is 0.713. The minimum atomic E-state index is -0.774. The van der Waals surface area contributed by atoms with Crippen molar-refractivity contribution in [2.75, 3.05) is 0 Å². The van der Waals surface area contributed by atoms with Gasteiger partial charge in [-0.3, -0.25) is 10.1 Å². The molecule has 0 spiro atoms. The largest absolute Gasteiger partial charge is 0.480 e. The van der Waals surface area contributed by atoms with Gasteiger partial charge in [0.2, 0.25) is 0 Å². The molecular weight excluding hydrogens is 246 g/mol. The van der Waals surface area contributed by atoms with Crippen molar-refractivity contribution >= 4 is 17.7 Å². The van der Waals surface area contributed by atoms with Gasteiger partial charge in [0.1, 0.15) is 5.54 Å². The molecule has 4 heteroatoms. The van der Waals surface area contributed by atoms with Crippen molar-refractivity contribution in [3.63, 3.8) is 0 Å². The van der Waals surface area contributed by atoms with E-state index < -0.39 is 11.5 Å². The number of hydrogen-bond donors (Lipinski definition) is 2. The highest BCUT2D eigenvalue weighted by atomic mass is 32.2. The smallest absolute Gasteiger partial charge is 0.323 e. The average Bonchev–Trinajstić information content (AvgIpc) is 3.00. The number of aliphatic carboxylic acids is 1. The van der Waals surface area contributed by atoms with Gasteiger partial charge in [-0.05, 0) is 32.1 Å². The van der Waals surface area contributed by atoms with Crippen molar-refractivity contribution in [3.05, 3.63) is 0 Å². The normalized spacial score (nSPS) is 22.6. The minimum Gasteiger partial charge on any atom is -0.480 e. The second-order valence-corrected chi connectivity index (χ2v) is 7.98. The maximum atomic E-state index is 11.5. The van der Waals surface area contributed by atoms with Crippen molar-refractivity contribution < 1.29 is 9.90 Å². The highest BCUT2D eigenvalue weighted by Gasteiger charge is 2.39. The molecule has 0 aromatic heterocycles. The van der Waals surface area contributed by atoms with Gasteiger partial charge in [-0.15, -0.1) is 0 Å². The summed E-state index contributed by atoms with van der Waals surface area (Å²) in [5, 5.41) is 13.6. The molecule has 0 aromatic rings. The molecule has 3 nitrogen and oxygen atoms in total. The Hall–Kier alpha value is -0.220. The van der Waals surface area contributed by atoms with Crippen LogP contribution >= 0.6 is 11.8 Å². The Bertz CT molecular complexity index is 292. The van der Waals surface area contributed by atoms with E-state index in [2.05, 4.69) is 33.0 Å². The molecule has 3 unspecified atom stereocenters. The Labute approximate surface area is 115 Å². The molecular formula is C14H27NO2S. The molecule has 1 aliphatic carbocycles. The molecule has 0 amide bonds. The van der Waals surface area contributed by atoms with E-state index in [4.69, 9.17) is 0 Å². The number of carbonyl (C=O) groups is 1. The van der Waals surface area contributed by atoms with Gasteiger partial charge in [0.25, 0.3) is 0 Å². The van der Waals surface area contributed by atoms with Crippen molar-refractivity contribution in [2.24, 2.45) is 5.92 Å². The number of carboxylic acids is 1. The molecule has 2 N–H and O–H groups in total. The summed E-state index contributed by atoms with van der Waals surface area (Å²) in [4.78, 5) is 11.5. The zero-order chi connectivity index (χ0) is 13.9. The first-order valence-electron chi connectivity index (χ1n) is 6.91. The lowest BCUT2D eigenvalue weighted by Gasteiger charge is -2.30. The number of thioether (sulfide) groups is 1. The Morgan fingerprint density at radius 1 is 1.39 bits per heavy atom. The van der Waals surface area contributed by atoms with Crippen LogP contribution in [0.25, 0.3) is 0 Å². The predicted molar refractivity (Wildman–Crippen MR) is 78.2 cm³/mol. The van der Waals surface area contributed by atoms with E-state index in [0.717, 1.165) is 12.8 Å². The summed E-state index contributed by atoms with van der Waals surface area (Å²) in [6, 6.07) is 0.422. The standard InChI is InChI=1S/C14H27NO2S/c1-9(2)11(4)18-10(3)8-14(5,13(16)17)15-12-6-7-12/h9-12,15H,6-8H2,1-5H3,(H,16,17). The van der Waals surface area contributed by atoms with Crippen LogP contribution in [-0.2, 0) is 4.79 Å². The second-order valence-electron chi connectivity index (χ2n) is 6.16. The predicted octanol–water partition coefficient (Wildman–Crippen LogP) is 3.14. The van der Waals surface area contributed by atoms with E-state index in [0.29, 0.717) is 28.9 Å². The lowest BCUT2D eigenvalue weighted by molar-refractivity contribution is -0.144. The Morgan fingerprint density at radius 3 is 2.33 bits per heavy atom. The third kappa shape index (κ3) is 4.81. The Balaban J connectivity index is 2.51. The van der Waals surface area contributed by atoms with Crippen LogP contribution in [0, 0.1) is 5.92 Å². The van der Waals surface area contributed by atoms with Crippen LogP contribution in [0.1, 0.15) is 53.9 Å². The van der Waals surface area contributed by atoms with Crippen LogP contribution in [-0.4, -0.2) is 33.2 Å². The summed E-state index contributed by atoms with van der Waals surface area (Å²) in [7, 11) is 0. The van der Waals surface area contributed by atoms with Gasteiger partial charge in [0.05, 0.1) is 0 Å². The van der Waals surface area contributed by atoms with E-state index in [9.17, 15) is 9.90 Å². The highest BCUT2D eigenvalue weighted by Crippen LogP contribution is 2.31. The van der Waals surface area contributed by atoms with Gasteiger partial charge in [-0.1, -0.05) is 27.7 Å². The molecule has 0 saturated heterocycles. The number of rotatable bonds is 8. The van der Waals surface area contributed by atoms with E-state index in [-0.39, 0.29) is 0 Å². The van der Waals surface area contributed by atoms with E-state index >= 15 is 0 Å². The second kappa shape index (κ2) is 6.29. The van der Waals surface area contributed by atoms with Gasteiger partial charge >= 0.3 is 5.97 Å². The third-order valence-corrected chi connectivity index (χ3v) is 5.26. The molecule has 1 aliphatic rings. The first-order chi connectivity index (χ1) is 8.24. The molecule has 106 valence electrons. The zero-order valence-corrected chi connectivity index (χ0v) is 13.0. The molecule has 0 radical (unpaired) electrons. The molecule has 0 aromatic carbocycles. The van der Waals surface area contributed by atoms with Crippen LogP contribution < -0.4 is 5.32 Å². The number of hydrogen-bond acceptors (Lipinski definition) is 3. The molecule has 18 heavy (non-hydrogen) atoms. The molecule has 1 fully saturated rings. The summed E-state index contributed by atoms with van der Waals surface area (Å²) in [5.41, 5.74) is -0.774. The maximum absolute atomic E-state index is 11.5. The van der Waals surface area contributed by atoms with Crippen molar-refractivity contribution in [1.29, 1.82) is 0 Å². The summed E-state index contributed by atoms with van der Waals surface area (Å²) in [5.74, 6) is -0.0935. The number of nitrogens with one attached hydrogen (secondary N) is 1. The lowest BCUT2D eigenvalue weighted by atomic mass is 9.96. The van der Waals surface area contributed by atoms with Gasteiger partial charge in [0.15, 0.2) is 0 Å². The van der Waals surface area contributed by atoms with Crippen LogP contribution in [0.2, 0.25) is 0 Å². The van der Waals surface area contributed by atoms with Crippen LogP contribution in [0.5, 0.6) is 0 Å². The lowest BCUT2D eigenvalue weighted by Crippen LogP contribution is -2.52. The summed E-state index contributed by atoms with van der Waals surface area (Å²) < 4.78 is 0. The zero-order valence-electron chi connectivity index (χ0n) is 12.2. The van der Waals surface area contributed by atoms with Crippen LogP contribution in [0.15, 0.2) is 0 Å². The van der Waals surface area contributed by atoms with E-state index in [1.54, 1.807) is 0 Å². The third-order valence-electron chi connectivity index (χ3n) is 3.65. The highest BCUT2D eigenvalue weighted by molar-refractivity contribution is 8.00. The van der Waals surface area contributed by atoms with E-state index in [1.165, 1.54) is 0 Å². The van der Waals surface area contributed by atoms with Gasteiger partial charge in [0, 0.05) is 16.5 Å². The van der Waals surface area contributed by atoms with Gasteiger partial charge in [-0.25, -0.2) is 0 Å². The monoisotopic (exact) mass is 273 g/mol. The summed E-state index contributed by atoms with van der Waals surface area (Å²) >= 11 is 1.90. The Morgan fingerprint density at radius 2 is 1.94 bits per heavy atom. The Kier molecular flexibility index (Phi) is 5.53. The SMILES string of the molecule is CC(CC(C)(NC1CC1)C(=O)O)SC(C)C(C)C. The first kappa shape index (κ1) is 15.8. The van der Waals surface area contributed by atoms with Gasteiger partial charge in [-0.2, -0.15) is 11.8 Å². The molecule has 0 bridgehead atoms. The van der Waals surface area contributed by atoms with Crippen LogP contribution in [0.4, 0.5) is 0 Å². The van der Waals surface area contributed by atoms with Crippen molar-refractivity contribution in [3.8, 4) is 0 Å². The van der Waals surface area contributed by atoms with Gasteiger partial charge < -0.3 is 5.11 Å². The van der Waals surface area contributed by atoms with Crippen molar-refractivity contribution in [1.82, 2.24) is 5.32 Å². The average molecular weight is 273 g/mol. The fourth-order valence-corrected chi connectivity index (χ4v) is 3.51. The van der Waals surface area contributed by atoms with Crippen molar-refractivity contribution in [2.45, 2.75) is 76.0 Å².